The first kappa shape index (κ1) is 15.8. The van der Waals surface area contributed by atoms with Crippen LogP contribution in [0, 0.1) is 6.92 Å². The molecular formula is C12H13F3N2O3. The largest absolute Gasteiger partial charge is 0.495 e. The Kier molecular flexibility index (Phi) is 4.95. The number of hydrogen-bond donors (Lipinski definition) is 2. The third-order valence-electron chi connectivity index (χ3n) is 2.30. The Labute approximate surface area is 113 Å². The van der Waals surface area contributed by atoms with E-state index in [0.29, 0.717) is 11.4 Å². The number of rotatable bonds is 4. The van der Waals surface area contributed by atoms with Gasteiger partial charge >= 0.3 is 12.1 Å². The third-order valence-corrected chi connectivity index (χ3v) is 2.30. The summed E-state index contributed by atoms with van der Waals surface area (Å²) in [6.45, 7) is 0.996. The summed E-state index contributed by atoms with van der Waals surface area (Å²) in [5.41, 5.74) is 1.15. The van der Waals surface area contributed by atoms with Crippen molar-refractivity contribution in [1.82, 2.24) is 5.32 Å². The van der Waals surface area contributed by atoms with E-state index in [2.05, 4.69) is 5.32 Å². The molecule has 2 N–H and O–H groups in total. The van der Waals surface area contributed by atoms with Crippen LogP contribution in [-0.4, -0.2) is 31.6 Å². The average molecular weight is 290 g/mol. The van der Waals surface area contributed by atoms with Crippen molar-refractivity contribution in [1.29, 1.82) is 0 Å². The van der Waals surface area contributed by atoms with Gasteiger partial charge in [0.25, 0.3) is 0 Å². The molecule has 0 spiro atoms. The molecule has 0 bridgehead atoms. The number of halogens is 3. The predicted octanol–water partition coefficient (Wildman–Crippen LogP) is 1.62. The number of benzene rings is 1. The Hall–Kier alpha value is -2.25. The second-order valence-corrected chi connectivity index (χ2v) is 3.93. The van der Waals surface area contributed by atoms with Gasteiger partial charge in [0.2, 0.25) is 5.91 Å². The topological polar surface area (TPSA) is 67.4 Å². The molecule has 110 valence electrons. The van der Waals surface area contributed by atoms with Gasteiger partial charge in [-0.1, -0.05) is 6.07 Å². The minimum absolute atomic E-state index is 0.318. The lowest BCUT2D eigenvalue weighted by molar-refractivity contribution is -0.173. The highest BCUT2D eigenvalue weighted by atomic mass is 19.4. The highest BCUT2D eigenvalue weighted by Crippen LogP contribution is 2.24. The summed E-state index contributed by atoms with van der Waals surface area (Å²) in [5.74, 6) is -2.58. The fraction of sp³-hybridized carbons (Fsp3) is 0.333. The van der Waals surface area contributed by atoms with Gasteiger partial charge in [-0.3, -0.25) is 9.59 Å². The minimum atomic E-state index is -5.01. The number of amides is 2. The van der Waals surface area contributed by atoms with Crippen molar-refractivity contribution < 1.29 is 27.5 Å². The lowest BCUT2D eigenvalue weighted by Crippen LogP contribution is -2.41. The first-order valence-corrected chi connectivity index (χ1v) is 5.53. The van der Waals surface area contributed by atoms with Gasteiger partial charge in [-0.25, -0.2) is 0 Å². The molecule has 2 amide bonds. The first-order chi connectivity index (χ1) is 9.24. The maximum atomic E-state index is 11.9. The van der Waals surface area contributed by atoms with Crippen molar-refractivity contribution in [3.05, 3.63) is 23.8 Å². The number of carbonyl (C=O) groups is 2. The molecule has 0 fully saturated rings. The van der Waals surface area contributed by atoms with Crippen molar-refractivity contribution in [2.45, 2.75) is 13.1 Å². The van der Waals surface area contributed by atoms with Crippen LogP contribution in [0.4, 0.5) is 18.9 Å². The molecule has 5 nitrogen and oxygen atoms in total. The monoisotopic (exact) mass is 290 g/mol. The van der Waals surface area contributed by atoms with E-state index in [9.17, 15) is 22.8 Å². The summed E-state index contributed by atoms with van der Waals surface area (Å²) < 4.78 is 40.8. The van der Waals surface area contributed by atoms with Crippen molar-refractivity contribution >= 4 is 17.5 Å². The fourth-order valence-corrected chi connectivity index (χ4v) is 1.37. The number of nitrogens with one attached hydrogen (secondary N) is 2. The molecule has 0 aliphatic rings. The number of hydrogen-bond acceptors (Lipinski definition) is 3. The Morgan fingerprint density at radius 1 is 1.30 bits per heavy atom. The Morgan fingerprint density at radius 2 is 1.95 bits per heavy atom. The molecule has 0 saturated carbocycles. The number of anilines is 1. The standard InChI is InChI=1S/C12H13F3N2O3/c1-7-3-4-9(20-2)8(5-7)17-10(18)6-16-11(19)12(13,14)15/h3-5H,6H2,1-2H3,(H,16,19)(H,17,18). The van der Waals surface area contributed by atoms with Crippen LogP contribution in [0.15, 0.2) is 18.2 Å². The lowest BCUT2D eigenvalue weighted by atomic mass is 10.2. The highest BCUT2D eigenvalue weighted by molar-refractivity contribution is 5.96. The minimum Gasteiger partial charge on any atom is -0.495 e. The van der Waals surface area contributed by atoms with Crippen LogP contribution >= 0.6 is 0 Å². The van der Waals surface area contributed by atoms with E-state index < -0.39 is 24.5 Å². The lowest BCUT2D eigenvalue weighted by Gasteiger charge is -2.12. The normalized spacial score (nSPS) is 10.8. The predicted molar refractivity (Wildman–Crippen MR) is 65.4 cm³/mol. The van der Waals surface area contributed by atoms with Crippen molar-refractivity contribution in [3.8, 4) is 5.75 Å². The van der Waals surface area contributed by atoms with E-state index in [1.54, 1.807) is 25.1 Å². The SMILES string of the molecule is COc1ccc(C)cc1NC(=O)CNC(=O)C(F)(F)F. The maximum Gasteiger partial charge on any atom is 0.471 e. The number of carbonyl (C=O) groups excluding carboxylic acids is 2. The van der Waals surface area contributed by atoms with E-state index >= 15 is 0 Å². The van der Waals surface area contributed by atoms with E-state index in [1.807, 2.05) is 0 Å². The smallest absolute Gasteiger partial charge is 0.471 e. The number of aryl methyl sites for hydroxylation is 1. The zero-order chi connectivity index (χ0) is 15.3. The molecule has 0 aromatic heterocycles. The third kappa shape index (κ3) is 4.45. The first-order valence-electron chi connectivity index (χ1n) is 5.53. The number of ether oxygens (including phenoxy) is 1. The fourth-order valence-electron chi connectivity index (χ4n) is 1.37. The van der Waals surface area contributed by atoms with Crippen molar-refractivity contribution in [2.24, 2.45) is 0 Å². The molecule has 0 aliphatic heterocycles. The average Bonchev–Trinajstić information content (AvgIpc) is 2.35. The molecule has 0 radical (unpaired) electrons. The van der Waals surface area contributed by atoms with Crippen LogP contribution in [0.3, 0.4) is 0 Å². The molecule has 20 heavy (non-hydrogen) atoms. The van der Waals surface area contributed by atoms with Crippen LogP contribution in [0.25, 0.3) is 0 Å². The molecule has 1 rings (SSSR count). The van der Waals surface area contributed by atoms with Gasteiger partial charge in [0.1, 0.15) is 5.75 Å². The maximum absolute atomic E-state index is 11.9. The second kappa shape index (κ2) is 6.27. The summed E-state index contributed by atoms with van der Waals surface area (Å²) in [4.78, 5) is 22.0. The zero-order valence-corrected chi connectivity index (χ0v) is 10.8. The van der Waals surface area contributed by atoms with E-state index in [0.717, 1.165) is 5.56 Å². The van der Waals surface area contributed by atoms with Gasteiger partial charge in [0, 0.05) is 0 Å². The van der Waals surface area contributed by atoms with Crippen molar-refractivity contribution in [2.75, 3.05) is 19.0 Å². The van der Waals surface area contributed by atoms with Crippen LogP contribution in [-0.2, 0) is 9.59 Å². The molecule has 1 aromatic carbocycles. The molecule has 0 atom stereocenters. The quantitative estimate of drug-likeness (QED) is 0.885. The molecular weight excluding hydrogens is 277 g/mol. The van der Waals surface area contributed by atoms with Crippen LogP contribution in [0.2, 0.25) is 0 Å². The van der Waals surface area contributed by atoms with Crippen LogP contribution in [0.1, 0.15) is 5.56 Å². The van der Waals surface area contributed by atoms with Crippen LogP contribution in [0.5, 0.6) is 5.75 Å². The van der Waals surface area contributed by atoms with Gasteiger partial charge in [-0.2, -0.15) is 13.2 Å². The summed E-state index contributed by atoms with van der Waals surface area (Å²) in [6.07, 6.45) is -5.01. The highest BCUT2D eigenvalue weighted by Gasteiger charge is 2.38. The summed E-state index contributed by atoms with van der Waals surface area (Å²) in [6, 6.07) is 4.96. The number of methoxy groups -OCH3 is 1. The van der Waals surface area contributed by atoms with Gasteiger partial charge in [0.05, 0.1) is 19.3 Å². The van der Waals surface area contributed by atoms with E-state index in [1.165, 1.54) is 12.4 Å². The van der Waals surface area contributed by atoms with Gasteiger partial charge in [-0.15, -0.1) is 0 Å². The van der Waals surface area contributed by atoms with Crippen LogP contribution < -0.4 is 15.4 Å². The van der Waals surface area contributed by atoms with E-state index in [4.69, 9.17) is 4.74 Å². The van der Waals surface area contributed by atoms with Crippen molar-refractivity contribution in [3.63, 3.8) is 0 Å². The van der Waals surface area contributed by atoms with Gasteiger partial charge < -0.3 is 15.4 Å². The molecule has 0 saturated heterocycles. The van der Waals surface area contributed by atoms with Gasteiger partial charge in [0.15, 0.2) is 0 Å². The number of alkyl halides is 3. The summed E-state index contributed by atoms with van der Waals surface area (Å²) >= 11 is 0. The summed E-state index contributed by atoms with van der Waals surface area (Å²) in [7, 11) is 1.39. The molecule has 0 unspecified atom stereocenters. The second-order valence-electron chi connectivity index (χ2n) is 3.93. The Bertz CT molecular complexity index is 515. The Balaban J connectivity index is 2.63. The molecule has 0 aliphatic carbocycles. The van der Waals surface area contributed by atoms with Gasteiger partial charge in [-0.05, 0) is 24.6 Å². The molecule has 1 aromatic rings. The molecule has 0 heterocycles. The molecule has 8 heteroatoms. The Morgan fingerprint density at radius 3 is 2.50 bits per heavy atom. The zero-order valence-electron chi connectivity index (χ0n) is 10.8. The van der Waals surface area contributed by atoms with E-state index in [-0.39, 0.29) is 0 Å². The summed E-state index contributed by atoms with van der Waals surface area (Å²) in [5, 5.41) is 3.84.